The van der Waals surface area contributed by atoms with Crippen LogP contribution in [0.25, 0.3) is 0 Å². The molecule has 40 heavy (non-hydrogen) atoms. The Morgan fingerprint density at radius 1 is 1.00 bits per heavy atom. The second-order valence-electron chi connectivity index (χ2n) is 9.86. The Balaban J connectivity index is 1.79. The predicted molar refractivity (Wildman–Crippen MR) is 141 cm³/mol. The zero-order chi connectivity index (χ0) is 28.7. The molecule has 10 heteroatoms. The van der Waals surface area contributed by atoms with Gasteiger partial charge in [0, 0.05) is 18.1 Å². The van der Waals surface area contributed by atoms with E-state index in [9.17, 15) is 25.2 Å². The topological polar surface area (TPSA) is 144 Å². The normalized spacial score (nSPS) is 27.2. The van der Waals surface area contributed by atoms with Crippen molar-refractivity contribution in [2.45, 2.75) is 29.3 Å². The Labute approximate surface area is 231 Å². The van der Waals surface area contributed by atoms with Crippen LogP contribution in [0.4, 0.5) is 0 Å². The maximum Gasteiger partial charge on any atom is 0.312 e. The molecule has 4 N–H and O–H groups in total. The molecular formula is C30H32O10. The van der Waals surface area contributed by atoms with E-state index in [2.05, 4.69) is 0 Å². The molecule has 5 rings (SSSR count). The lowest BCUT2D eigenvalue weighted by molar-refractivity contribution is -0.161. The van der Waals surface area contributed by atoms with Crippen LogP contribution in [0.1, 0.15) is 22.6 Å². The zero-order valence-electron chi connectivity index (χ0n) is 22.3. The number of carbonyl (C=O) groups is 1. The molecule has 1 fully saturated rings. The average Bonchev–Trinajstić information content (AvgIpc) is 3.37. The van der Waals surface area contributed by atoms with Crippen molar-refractivity contribution in [2.24, 2.45) is 5.92 Å². The molecule has 0 radical (unpaired) electrons. The summed E-state index contributed by atoms with van der Waals surface area (Å²) in [6.07, 6.45) is -2.79. The van der Waals surface area contributed by atoms with Gasteiger partial charge in [0.1, 0.15) is 41.8 Å². The van der Waals surface area contributed by atoms with Crippen molar-refractivity contribution in [1.29, 1.82) is 0 Å². The highest BCUT2D eigenvalue weighted by molar-refractivity contribution is 5.78. The van der Waals surface area contributed by atoms with Crippen LogP contribution in [0.3, 0.4) is 0 Å². The monoisotopic (exact) mass is 552 g/mol. The first kappa shape index (κ1) is 27.7. The van der Waals surface area contributed by atoms with E-state index in [1.165, 1.54) is 33.5 Å². The van der Waals surface area contributed by atoms with Crippen LogP contribution in [0.5, 0.6) is 23.0 Å². The molecule has 1 unspecified atom stereocenters. The summed E-state index contributed by atoms with van der Waals surface area (Å²) >= 11 is 0. The van der Waals surface area contributed by atoms with E-state index in [-0.39, 0.29) is 29.4 Å². The molecule has 212 valence electrons. The lowest BCUT2D eigenvalue weighted by atomic mass is 9.70. The van der Waals surface area contributed by atoms with Gasteiger partial charge in [-0.2, -0.15) is 0 Å². The molecule has 0 aromatic heterocycles. The largest absolute Gasteiger partial charge is 0.497 e. The second-order valence-corrected chi connectivity index (χ2v) is 9.86. The van der Waals surface area contributed by atoms with Crippen molar-refractivity contribution in [1.82, 2.24) is 0 Å². The number of hydrogen-bond acceptors (Lipinski definition) is 10. The summed E-state index contributed by atoms with van der Waals surface area (Å²) < 4.78 is 28.5. The summed E-state index contributed by atoms with van der Waals surface area (Å²) in [6, 6.07) is 18.9. The number of benzene rings is 3. The van der Waals surface area contributed by atoms with Gasteiger partial charge in [-0.05, 0) is 23.3 Å². The number of ether oxygens (including phenoxy) is 5. The minimum atomic E-state index is -2.19. The molecule has 1 heterocycles. The van der Waals surface area contributed by atoms with E-state index in [1.54, 1.807) is 48.5 Å². The summed E-state index contributed by atoms with van der Waals surface area (Å²) in [5.41, 5.74) is -2.66. The summed E-state index contributed by atoms with van der Waals surface area (Å²) in [5, 5.41) is 43.7. The predicted octanol–water partition coefficient (Wildman–Crippen LogP) is 1.86. The third-order valence-electron chi connectivity index (χ3n) is 7.85. The molecule has 0 bridgehead atoms. The third kappa shape index (κ3) is 3.98. The molecule has 3 aromatic carbocycles. The van der Waals surface area contributed by atoms with Crippen LogP contribution in [0, 0.1) is 5.92 Å². The molecule has 1 saturated carbocycles. The third-order valence-corrected chi connectivity index (χ3v) is 7.85. The number of fused-ring (bicyclic) bond motifs is 3. The SMILES string of the molecule is COC(=O)[C@H]1[C@@H](O)[C@@]2(O)c3c(OC)cc(OCC(O)CO)cc3O[C@@]2(c2ccc(OC)cc2)[C@@H]1c1ccccc1. The van der Waals surface area contributed by atoms with E-state index in [4.69, 9.17) is 23.7 Å². The van der Waals surface area contributed by atoms with Crippen molar-refractivity contribution in [2.75, 3.05) is 34.5 Å². The summed E-state index contributed by atoms with van der Waals surface area (Å²) in [6.45, 7) is -0.690. The first-order valence-corrected chi connectivity index (χ1v) is 12.8. The van der Waals surface area contributed by atoms with Crippen molar-refractivity contribution >= 4 is 5.97 Å². The number of aliphatic hydroxyl groups excluding tert-OH is 3. The van der Waals surface area contributed by atoms with E-state index in [0.29, 0.717) is 16.9 Å². The second kappa shape index (κ2) is 10.6. The first-order chi connectivity index (χ1) is 19.3. The number of aliphatic hydroxyl groups is 4. The van der Waals surface area contributed by atoms with Crippen LogP contribution < -0.4 is 18.9 Å². The Bertz CT molecular complexity index is 1360. The quantitative estimate of drug-likeness (QED) is 0.290. The number of esters is 1. The standard InChI is InChI=1S/C30H32O10/c1-36-20-11-9-18(10-12-20)30-25(17-7-5-4-6-8-17)24(28(34)38-3)27(33)29(30,35)26-22(37-2)13-21(14-23(26)40-30)39-16-19(32)15-31/h4-14,19,24-25,27,31-33,35H,15-16H2,1-3H3/t19?,24-,25-,27-,29+,30+/m1/s1. The summed E-state index contributed by atoms with van der Waals surface area (Å²) in [4.78, 5) is 13.3. The van der Waals surface area contributed by atoms with Gasteiger partial charge in [-0.15, -0.1) is 0 Å². The highest BCUT2D eigenvalue weighted by Gasteiger charge is 2.78. The molecule has 3 aromatic rings. The van der Waals surface area contributed by atoms with Crippen molar-refractivity contribution in [3.05, 3.63) is 83.4 Å². The molecular weight excluding hydrogens is 520 g/mol. The summed E-state index contributed by atoms with van der Waals surface area (Å²) in [7, 11) is 4.16. The fraction of sp³-hybridized carbons (Fsp3) is 0.367. The molecule has 0 saturated heterocycles. The van der Waals surface area contributed by atoms with Gasteiger partial charge in [0.25, 0.3) is 0 Å². The van der Waals surface area contributed by atoms with Gasteiger partial charge in [0.2, 0.25) is 0 Å². The van der Waals surface area contributed by atoms with Gasteiger partial charge in [0.05, 0.1) is 39.4 Å². The highest BCUT2D eigenvalue weighted by Crippen LogP contribution is 2.70. The van der Waals surface area contributed by atoms with Crippen LogP contribution in [-0.4, -0.2) is 73.1 Å². The average molecular weight is 553 g/mol. The summed E-state index contributed by atoms with van der Waals surface area (Å²) in [5.74, 6) is -1.73. The molecule has 2 aliphatic rings. The van der Waals surface area contributed by atoms with Crippen LogP contribution in [0.15, 0.2) is 66.7 Å². The molecule has 0 spiro atoms. The fourth-order valence-corrected chi connectivity index (χ4v) is 6.11. The Morgan fingerprint density at radius 2 is 1.70 bits per heavy atom. The van der Waals surface area contributed by atoms with Gasteiger partial charge in [0.15, 0.2) is 11.2 Å². The Morgan fingerprint density at radius 3 is 2.30 bits per heavy atom. The fourth-order valence-electron chi connectivity index (χ4n) is 6.11. The number of hydrogen-bond donors (Lipinski definition) is 4. The maximum atomic E-state index is 13.3. The van der Waals surface area contributed by atoms with Gasteiger partial charge >= 0.3 is 5.97 Å². The van der Waals surface area contributed by atoms with Gasteiger partial charge in [-0.25, -0.2) is 0 Å². The minimum Gasteiger partial charge on any atom is -0.497 e. The van der Waals surface area contributed by atoms with Gasteiger partial charge in [-0.1, -0.05) is 42.5 Å². The van der Waals surface area contributed by atoms with Gasteiger partial charge < -0.3 is 44.1 Å². The van der Waals surface area contributed by atoms with Crippen LogP contribution >= 0.6 is 0 Å². The van der Waals surface area contributed by atoms with Crippen molar-refractivity contribution in [3.63, 3.8) is 0 Å². The number of carbonyl (C=O) groups excluding carboxylic acids is 1. The lowest BCUT2D eigenvalue weighted by Gasteiger charge is -2.40. The van der Waals surface area contributed by atoms with Crippen molar-refractivity contribution < 1.29 is 48.9 Å². The van der Waals surface area contributed by atoms with Crippen LogP contribution in [0.2, 0.25) is 0 Å². The first-order valence-electron chi connectivity index (χ1n) is 12.8. The molecule has 10 nitrogen and oxygen atoms in total. The Kier molecular flexibility index (Phi) is 7.36. The van der Waals surface area contributed by atoms with E-state index >= 15 is 0 Å². The smallest absolute Gasteiger partial charge is 0.312 e. The minimum absolute atomic E-state index is 0.139. The molecule has 0 amide bonds. The zero-order valence-corrected chi connectivity index (χ0v) is 22.3. The van der Waals surface area contributed by atoms with Crippen LogP contribution in [-0.2, 0) is 20.7 Å². The van der Waals surface area contributed by atoms with E-state index < -0.39 is 47.8 Å². The Hall–Kier alpha value is -3.83. The van der Waals surface area contributed by atoms with E-state index in [1.807, 2.05) is 6.07 Å². The van der Waals surface area contributed by atoms with E-state index in [0.717, 1.165) is 0 Å². The number of methoxy groups -OCH3 is 3. The maximum absolute atomic E-state index is 13.3. The molecule has 6 atom stereocenters. The molecule has 1 aliphatic carbocycles. The van der Waals surface area contributed by atoms with Gasteiger partial charge in [-0.3, -0.25) is 4.79 Å². The molecule has 1 aliphatic heterocycles. The van der Waals surface area contributed by atoms with Crippen molar-refractivity contribution in [3.8, 4) is 23.0 Å². The number of rotatable bonds is 9. The lowest BCUT2D eigenvalue weighted by Crippen LogP contribution is -2.52. The highest BCUT2D eigenvalue weighted by atomic mass is 16.6.